The molecule has 0 saturated carbocycles. The quantitative estimate of drug-likeness (QED) is 0.865. The number of phenols is 1. The molecule has 1 saturated heterocycles. The van der Waals surface area contributed by atoms with Gasteiger partial charge in [0.25, 0.3) is 5.91 Å². The lowest BCUT2D eigenvalue weighted by Gasteiger charge is -2.31. The first-order chi connectivity index (χ1) is 12.5. The zero-order valence-electron chi connectivity index (χ0n) is 14.3. The normalized spacial score (nSPS) is 14.9. The molecule has 0 aromatic heterocycles. The number of carbonyl (C=O) groups is 2. The van der Waals surface area contributed by atoms with Crippen LogP contribution in [0.1, 0.15) is 28.8 Å². The van der Waals surface area contributed by atoms with E-state index in [1.54, 1.807) is 11.0 Å². The molecule has 5 nitrogen and oxygen atoms in total. The number of hydrogen-bond acceptors (Lipinski definition) is 3. The van der Waals surface area contributed by atoms with Gasteiger partial charge in [-0.15, -0.1) is 0 Å². The Morgan fingerprint density at radius 2 is 1.81 bits per heavy atom. The van der Waals surface area contributed by atoms with Crippen molar-refractivity contribution in [2.24, 2.45) is 5.92 Å². The first-order valence-corrected chi connectivity index (χ1v) is 9.02. The number of rotatable bonds is 4. The summed E-state index contributed by atoms with van der Waals surface area (Å²) in [4.78, 5) is 26.6. The topological polar surface area (TPSA) is 69.6 Å². The number of hydrogen-bond donors (Lipinski definition) is 2. The zero-order valence-corrected chi connectivity index (χ0v) is 15.1. The number of piperidine rings is 1. The molecule has 2 N–H and O–H groups in total. The number of nitrogens with one attached hydrogen (secondary N) is 1. The second kappa shape index (κ2) is 8.23. The van der Waals surface area contributed by atoms with Gasteiger partial charge >= 0.3 is 0 Å². The molecule has 0 atom stereocenters. The van der Waals surface area contributed by atoms with E-state index in [0.29, 0.717) is 38.0 Å². The average Bonchev–Trinajstić information content (AvgIpc) is 2.68. The van der Waals surface area contributed by atoms with Gasteiger partial charge in [-0.05, 0) is 36.6 Å². The van der Waals surface area contributed by atoms with Crippen LogP contribution in [0.15, 0.2) is 48.5 Å². The fourth-order valence-corrected chi connectivity index (χ4v) is 3.28. The number of nitrogens with zero attached hydrogens (tertiary/aromatic N) is 1. The van der Waals surface area contributed by atoms with Crippen molar-refractivity contribution in [2.45, 2.75) is 19.4 Å². The Bertz CT molecular complexity index is 787. The summed E-state index contributed by atoms with van der Waals surface area (Å²) in [6.45, 7) is 1.58. The number of aromatic hydroxyl groups is 1. The van der Waals surface area contributed by atoms with Crippen molar-refractivity contribution in [3.8, 4) is 5.75 Å². The van der Waals surface area contributed by atoms with Crippen LogP contribution >= 0.6 is 11.6 Å². The molecule has 26 heavy (non-hydrogen) atoms. The Labute approximate surface area is 157 Å². The predicted molar refractivity (Wildman–Crippen MR) is 100 cm³/mol. The lowest BCUT2D eigenvalue weighted by atomic mass is 9.95. The van der Waals surface area contributed by atoms with Gasteiger partial charge in [0.1, 0.15) is 5.75 Å². The van der Waals surface area contributed by atoms with Gasteiger partial charge in [-0.3, -0.25) is 9.59 Å². The van der Waals surface area contributed by atoms with Gasteiger partial charge in [0.15, 0.2) is 0 Å². The molecule has 1 aliphatic heterocycles. The standard InChI is InChI=1S/C20H21ClN2O3/c21-17-12-16(6-7-18(17)24)20(26)23-10-8-15(9-11-23)19(25)22-13-14-4-2-1-3-5-14/h1-7,12,15,24H,8-11,13H2,(H,22,25). The molecule has 136 valence electrons. The monoisotopic (exact) mass is 372 g/mol. The van der Waals surface area contributed by atoms with Crippen molar-refractivity contribution in [3.05, 3.63) is 64.7 Å². The highest BCUT2D eigenvalue weighted by molar-refractivity contribution is 6.32. The maximum absolute atomic E-state index is 12.5. The first kappa shape index (κ1) is 18.3. The smallest absolute Gasteiger partial charge is 0.253 e. The largest absolute Gasteiger partial charge is 0.506 e. The van der Waals surface area contributed by atoms with E-state index in [-0.39, 0.29) is 28.5 Å². The molecule has 0 radical (unpaired) electrons. The van der Waals surface area contributed by atoms with Crippen LogP contribution in [0, 0.1) is 5.92 Å². The summed E-state index contributed by atoms with van der Waals surface area (Å²) < 4.78 is 0. The number of phenolic OH excluding ortho intramolecular Hbond substituents is 1. The third-order valence-corrected chi connectivity index (χ3v) is 4.96. The van der Waals surface area contributed by atoms with E-state index in [2.05, 4.69) is 5.32 Å². The maximum atomic E-state index is 12.5. The molecular formula is C20H21ClN2O3. The van der Waals surface area contributed by atoms with E-state index in [1.807, 2.05) is 30.3 Å². The number of benzene rings is 2. The van der Waals surface area contributed by atoms with E-state index in [1.165, 1.54) is 12.1 Å². The average molecular weight is 373 g/mol. The van der Waals surface area contributed by atoms with Crippen LogP contribution in [0.4, 0.5) is 0 Å². The molecule has 0 spiro atoms. The molecule has 2 aromatic rings. The van der Waals surface area contributed by atoms with Crippen LogP contribution in [0.5, 0.6) is 5.75 Å². The summed E-state index contributed by atoms with van der Waals surface area (Å²) in [5, 5.41) is 12.6. The molecule has 1 fully saturated rings. The molecule has 0 bridgehead atoms. The number of amides is 2. The summed E-state index contributed by atoms with van der Waals surface area (Å²) >= 11 is 5.87. The van der Waals surface area contributed by atoms with Gasteiger partial charge in [-0.2, -0.15) is 0 Å². The van der Waals surface area contributed by atoms with Crippen molar-refractivity contribution < 1.29 is 14.7 Å². The molecule has 6 heteroatoms. The Kier molecular flexibility index (Phi) is 5.78. The Morgan fingerprint density at radius 3 is 2.46 bits per heavy atom. The minimum absolute atomic E-state index is 0.0358. The fraction of sp³-hybridized carbons (Fsp3) is 0.300. The fourth-order valence-electron chi connectivity index (χ4n) is 3.10. The summed E-state index contributed by atoms with van der Waals surface area (Å²) in [5.41, 5.74) is 1.51. The lowest BCUT2D eigenvalue weighted by molar-refractivity contribution is -0.126. The van der Waals surface area contributed by atoms with Crippen LogP contribution in [0.25, 0.3) is 0 Å². The van der Waals surface area contributed by atoms with Gasteiger partial charge < -0.3 is 15.3 Å². The molecule has 0 unspecified atom stereocenters. The highest BCUT2D eigenvalue weighted by atomic mass is 35.5. The maximum Gasteiger partial charge on any atom is 0.253 e. The van der Waals surface area contributed by atoms with Crippen molar-refractivity contribution in [2.75, 3.05) is 13.1 Å². The first-order valence-electron chi connectivity index (χ1n) is 8.64. The Balaban J connectivity index is 1.51. The number of carbonyl (C=O) groups excluding carboxylic acids is 2. The molecule has 1 heterocycles. The second-order valence-corrected chi connectivity index (χ2v) is 6.84. The van der Waals surface area contributed by atoms with E-state index >= 15 is 0 Å². The minimum atomic E-state index is -0.130. The molecule has 2 amide bonds. The summed E-state index contributed by atoms with van der Waals surface area (Å²) in [6, 6.07) is 14.2. The highest BCUT2D eigenvalue weighted by Gasteiger charge is 2.27. The van der Waals surface area contributed by atoms with Crippen molar-refractivity contribution in [3.63, 3.8) is 0 Å². The van der Waals surface area contributed by atoms with E-state index in [4.69, 9.17) is 11.6 Å². The SMILES string of the molecule is O=C(NCc1ccccc1)C1CCN(C(=O)c2ccc(O)c(Cl)c2)CC1. The predicted octanol–water partition coefficient (Wildman–Crippen LogP) is 3.21. The van der Waals surface area contributed by atoms with Crippen molar-refractivity contribution in [1.29, 1.82) is 0 Å². The summed E-state index contributed by atoms with van der Waals surface area (Å²) in [7, 11) is 0. The Morgan fingerprint density at radius 1 is 1.12 bits per heavy atom. The van der Waals surface area contributed by atoms with Crippen LogP contribution < -0.4 is 5.32 Å². The highest BCUT2D eigenvalue weighted by Crippen LogP contribution is 2.25. The summed E-state index contributed by atoms with van der Waals surface area (Å²) in [6.07, 6.45) is 1.27. The number of likely N-dealkylation sites (tertiary alicyclic amines) is 1. The van der Waals surface area contributed by atoms with E-state index in [9.17, 15) is 14.7 Å². The van der Waals surface area contributed by atoms with Gasteiger partial charge in [-0.1, -0.05) is 41.9 Å². The molecule has 1 aliphatic rings. The molecule has 0 aliphatic carbocycles. The van der Waals surface area contributed by atoms with Gasteiger partial charge in [0.05, 0.1) is 5.02 Å². The molecular weight excluding hydrogens is 352 g/mol. The van der Waals surface area contributed by atoms with Crippen LogP contribution in [0.2, 0.25) is 5.02 Å². The zero-order chi connectivity index (χ0) is 18.5. The summed E-state index contributed by atoms with van der Waals surface area (Å²) in [5.74, 6) is -0.216. The van der Waals surface area contributed by atoms with E-state index < -0.39 is 0 Å². The third kappa shape index (κ3) is 4.35. The van der Waals surface area contributed by atoms with Crippen LogP contribution in [-0.4, -0.2) is 34.9 Å². The molecule has 3 rings (SSSR count). The van der Waals surface area contributed by atoms with Crippen LogP contribution in [-0.2, 0) is 11.3 Å². The van der Waals surface area contributed by atoms with Gasteiger partial charge in [0.2, 0.25) is 5.91 Å². The second-order valence-electron chi connectivity index (χ2n) is 6.44. The van der Waals surface area contributed by atoms with Crippen LogP contribution in [0.3, 0.4) is 0 Å². The van der Waals surface area contributed by atoms with E-state index in [0.717, 1.165) is 5.56 Å². The van der Waals surface area contributed by atoms with Crippen molar-refractivity contribution in [1.82, 2.24) is 10.2 Å². The van der Waals surface area contributed by atoms with Gasteiger partial charge in [0, 0.05) is 31.1 Å². The lowest BCUT2D eigenvalue weighted by Crippen LogP contribution is -2.42. The van der Waals surface area contributed by atoms with Crippen molar-refractivity contribution >= 4 is 23.4 Å². The minimum Gasteiger partial charge on any atom is -0.506 e. The Hall–Kier alpha value is -2.53. The third-order valence-electron chi connectivity index (χ3n) is 4.66. The molecule has 2 aromatic carbocycles. The van der Waals surface area contributed by atoms with Gasteiger partial charge in [-0.25, -0.2) is 0 Å². The number of halogens is 1.